The third-order valence-corrected chi connectivity index (χ3v) is 6.00. The van der Waals surface area contributed by atoms with Gasteiger partial charge in [-0.25, -0.2) is 0 Å². The maximum absolute atomic E-state index is 11.2. The van der Waals surface area contributed by atoms with Crippen molar-refractivity contribution in [3.05, 3.63) is 57.2 Å². The number of nitro groups is 1. The number of methoxy groups -OCH3 is 1. The first kappa shape index (κ1) is 14.7. The summed E-state index contributed by atoms with van der Waals surface area (Å²) in [5.74, 6) is 4.73. The normalized spacial score (nSPS) is 16.1. The van der Waals surface area contributed by atoms with Gasteiger partial charge in [0.1, 0.15) is 0 Å². The summed E-state index contributed by atoms with van der Waals surface area (Å²) in [5.41, 5.74) is 1.84. The van der Waals surface area contributed by atoms with Crippen molar-refractivity contribution in [1.82, 2.24) is 0 Å². The van der Waals surface area contributed by atoms with E-state index in [4.69, 9.17) is 8.75 Å². The zero-order valence-corrected chi connectivity index (χ0v) is 14.2. The van der Waals surface area contributed by atoms with Gasteiger partial charge < -0.3 is 0 Å². The molecule has 2 aromatic rings. The van der Waals surface area contributed by atoms with E-state index in [2.05, 4.69) is 4.01 Å². The molecular formula is C15H15N3O3Se. The van der Waals surface area contributed by atoms with E-state index in [0.717, 1.165) is 16.9 Å². The van der Waals surface area contributed by atoms with Crippen LogP contribution in [0.2, 0.25) is 11.6 Å². The molecule has 2 aromatic carbocycles. The van der Waals surface area contributed by atoms with Crippen molar-refractivity contribution in [2.75, 3.05) is 7.11 Å². The fourth-order valence-corrected chi connectivity index (χ4v) is 5.10. The van der Waals surface area contributed by atoms with Crippen LogP contribution in [0.1, 0.15) is 0 Å². The summed E-state index contributed by atoms with van der Waals surface area (Å²) in [6.45, 7) is 0. The van der Waals surface area contributed by atoms with Crippen LogP contribution in [0.5, 0.6) is 5.75 Å². The Morgan fingerprint density at radius 1 is 1.05 bits per heavy atom. The van der Waals surface area contributed by atoms with Gasteiger partial charge in [0.25, 0.3) is 0 Å². The molecule has 1 aliphatic heterocycles. The summed E-state index contributed by atoms with van der Waals surface area (Å²) < 4.78 is 14.4. The van der Waals surface area contributed by atoms with E-state index in [9.17, 15) is 10.1 Å². The molecule has 0 saturated heterocycles. The molecular weight excluding hydrogens is 349 g/mol. The van der Waals surface area contributed by atoms with Crippen LogP contribution in [0.15, 0.2) is 44.4 Å². The van der Waals surface area contributed by atoms with E-state index in [0.29, 0.717) is 10.7 Å². The number of fused-ring (bicyclic) bond motifs is 1. The summed E-state index contributed by atoms with van der Waals surface area (Å²) in [6.07, 6.45) is 0. The minimum atomic E-state index is -2.37. The Morgan fingerprint density at radius 2 is 1.68 bits per heavy atom. The van der Waals surface area contributed by atoms with Crippen LogP contribution in [0.4, 0.5) is 5.69 Å². The summed E-state index contributed by atoms with van der Waals surface area (Å²) in [5, 5.41) is 12.3. The number of hydrogen-bond donors (Lipinski definition) is 0. The summed E-state index contributed by atoms with van der Waals surface area (Å²) >= 11 is -2.37. The van der Waals surface area contributed by atoms with Crippen molar-refractivity contribution in [2.24, 2.45) is 8.02 Å². The predicted molar refractivity (Wildman–Crippen MR) is 84.9 cm³/mol. The fourth-order valence-electron chi connectivity index (χ4n) is 2.37. The summed E-state index contributed by atoms with van der Waals surface area (Å²) in [6, 6.07) is 10.8. The van der Waals surface area contributed by atoms with Gasteiger partial charge >= 0.3 is 130 Å². The molecule has 3 rings (SSSR count). The van der Waals surface area contributed by atoms with Gasteiger partial charge in [0.15, 0.2) is 0 Å². The third-order valence-electron chi connectivity index (χ3n) is 3.36. The number of hydrogen-bond acceptors (Lipinski definition) is 5. The van der Waals surface area contributed by atoms with E-state index >= 15 is 0 Å². The van der Waals surface area contributed by atoms with Crippen LogP contribution in [0.3, 0.4) is 0 Å². The Labute approximate surface area is 130 Å². The van der Waals surface area contributed by atoms with Crippen LogP contribution < -0.4 is 15.5 Å². The minimum absolute atomic E-state index is 0.0266. The van der Waals surface area contributed by atoms with Gasteiger partial charge in [-0.15, -0.1) is 0 Å². The van der Waals surface area contributed by atoms with Gasteiger partial charge in [-0.2, -0.15) is 0 Å². The molecule has 1 heterocycles. The van der Waals surface area contributed by atoms with Crippen molar-refractivity contribution in [2.45, 2.75) is 11.6 Å². The zero-order valence-electron chi connectivity index (χ0n) is 12.4. The average Bonchev–Trinajstić information content (AvgIpc) is 2.80. The molecule has 0 aromatic heterocycles. The molecule has 0 atom stereocenters. The third kappa shape index (κ3) is 2.49. The topological polar surface area (TPSA) is 77.1 Å². The van der Waals surface area contributed by atoms with E-state index in [-0.39, 0.29) is 5.69 Å². The average molecular weight is 364 g/mol. The van der Waals surface area contributed by atoms with Gasteiger partial charge in [-0.3, -0.25) is 0 Å². The first-order valence-corrected chi connectivity index (χ1v) is 11.5. The monoisotopic (exact) mass is 365 g/mol. The summed E-state index contributed by atoms with van der Waals surface area (Å²) in [4.78, 5) is 10.8. The molecule has 0 saturated carbocycles. The molecule has 1 aliphatic rings. The van der Waals surface area contributed by atoms with Crippen molar-refractivity contribution in [3.63, 3.8) is 0 Å². The Bertz CT molecular complexity index is 876. The Kier molecular flexibility index (Phi) is 3.47. The van der Waals surface area contributed by atoms with Crippen molar-refractivity contribution >= 4 is 19.0 Å². The number of rotatable bonds is 3. The first-order chi connectivity index (χ1) is 10.4. The van der Waals surface area contributed by atoms with Crippen molar-refractivity contribution in [3.8, 4) is 16.9 Å². The number of nitrogens with zero attached hydrogens (tertiary/aromatic N) is 3. The van der Waals surface area contributed by atoms with E-state index in [1.807, 2.05) is 35.9 Å². The summed E-state index contributed by atoms with van der Waals surface area (Å²) in [7, 11) is 1.61. The van der Waals surface area contributed by atoms with Gasteiger partial charge in [-0.1, -0.05) is 0 Å². The molecule has 7 heteroatoms. The van der Waals surface area contributed by atoms with Crippen molar-refractivity contribution in [1.29, 1.82) is 0 Å². The van der Waals surface area contributed by atoms with Crippen LogP contribution in [0, 0.1) is 10.1 Å². The van der Waals surface area contributed by atoms with Crippen LogP contribution in [0.25, 0.3) is 11.1 Å². The van der Waals surface area contributed by atoms with Gasteiger partial charge in [0, 0.05) is 0 Å². The zero-order chi connectivity index (χ0) is 15.9. The molecule has 22 heavy (non-hydrogen) atoms. The first-order valence-electron chi connectivity index (χ1n) is 6.56. The second kappa shape index (κ2) is 5.19. The second-order valence-electron chi connectivity index (χ2n) is 5.22. The van der Waals surface area contributed by atoms with E-state index < -0.39 is 18.2 Å². The van der Waals surface area contributed by atoms with E-state index in [1.54, 1.807) is 13.2 Å². The van der Waals surface area contributed by atoms with Gasteiger partial charge in [0.2, 0.25) is 0 Å². The Balaban J connectivity index is 2.27. The standard InChI is InChI=1S/C15H15N3O3Se/c1-21-11-6-4-10(5-7-11)12-8-9-13(18(19)20)15-14(12)16-22(2,3)17-15/h4-9H,1-3H3. The molecule has 114 valence electrons. The molecule has 0 N–H and O–H groups in total. The van der Waals surface area contributed by atoms with Crippen molar-refractivity contribution < 1.29 is 9.66 Å². The quantitative estimate of drug-likeness (QED) is 0.476. The number of non-ortho nitro benzene ring substituents is 1. The molecule has 0 fully saturated rings. The number of ether oxygens (including phenoxy) is 1. The van der Waals surface area contributed by atoms with Gasteiger partial charge in [-0.05, 0) is 0 Å². The Morgan fingerprint density at radius 3 is 2.27 bits per heavy atom. The number of benzene rings is 2. The molecule has 0 unspecified atom stereocenters. The molecule has 0 radical (unpaired) electrons. The van der Waals surface area contributed by atoms with Crippen LogP contribution in [-0.4, -0.2) is 25.3 Å². The maximum atomic E-state index is 11.2. The van der Waals surface area contributed by atoms with Crippen LogP contribution in [-0.2, 0) is 0 Å². The second-order valence-corrected chi connectivity index (χ2v) is 11.1. The molecule has 0 amide bonds. The molecule has 0 bridgehead atoms. The van der Waals surface area contributed by atoms with Gasteiger partial charge in [0.05, 0.1) is 0 Å². The van der Waals surface area contributed by atoms with E-state index in [1.165, 1.54) is 6.07 Å². The molecule has 0 spiro atoms. The number of nitro benzene ring substituents is 1. The SMILES string of the molecule is COc1ccc(-c2ccc([N+](=O)[O-])c3c2=N[Se](C)(C)N=3)cc1. The Hall–Kier alpha value is -2.24. The molecule has 6 nitrogen and oxygen atoms in total. The predicted octanol–water partition coefficient (Wildman–Crippen LogP) is 2.23. The fraction of sp³-hybridized carbons (Fsp3) is 0.200. The molecule has 0 aliphatic carbocycles. The van der Waals surface area contributed by atoms with Crippen LogP contribution >= 0.6 is 0 Å².